The number of alkyl halides is 2. The third-order valence-electron chi connectivity index (χ3n) is 3.18. The molecule has 1 N–H and O–H groups in total. The molecule has 0 spiro atoms. The average molecular weight is 276 g/mol. The van der Waals surface area contributed by atoms with Gasteiger partial charge >= 0.3 is 0 Å². The van der Waals surface area contributed by atoms with Crippen molar-refractivity contribution in [2.75, 3.05) is 6.54 Å². The van der Waals surface area contributed by atoms with E-state index >= 15 is 0 Å². The molecule has 19 heavy (non-hydrogen) atoms. The van der Waals surface area contributed by atoms with Crippen LogP contribution in [0.3, 0.4) is 0 Å². The first-order chi connectivity index (χ1) is 8.73. The minimum absolute atomic E-state index is 0.192. The molecule has 0 aromatic heterocycles. The van der Waals surface area contributed by atoms with Crippen LogP contribution in [0.5, 0.6) is 0 Å². The Kier molecular flexibility index (Phi) is 5.26. The fraction of sp³-hybridized carbons (Fsp3) is 0.846. The molecule has 1 saturated heterocycles. The highest BCUT2D eigenvalue weighted by molar-refractivity contribution is 5.97. The number of nitrogens with zero attached hydrogens (tertiary/aromatic N) is 1. The summed E-state index contributed by atoms with van der Waals surface area (Å²) < 4.78 is 25.2. The van der Waals surface area contributed by atoms with Gasteiger partial charge < -0.3 is 10.2 Å². The molecular weight excluding hydrogens is 254 g/mol. The molecule has 2 amide bonds. The van der Waals surface area contributed by atoms with Gasteiger partial charge in [0.1, 0.15) is 12.1 Å². The van der Waals surface area contributed by atoms with Gasteiger partial charge in [-0.2, -0.15) is 0 Å². The van der Waals surface area contributed by atoms with Crippen LogP contribution in [0.2, 0.25) is 0 Å². The van der Waals surface area contributed by atoms with Crippen molar-refractivity contribution in [2.45, 2.75) is 52.6 Å². The molecule has 2 unspecified atom stereocenters. The average Bonchev–Trinajstić information content (AvgIpc) is 2.22. The predicted molar refractivity (Wildman–Crippen MR) is 67.7 cm³/mol. The van der Waals surface area contributed by atoms with Crippen molar-refractivity contribution in [3.8, 4) is 0 Å². The molecule has 0 aliphatic carbocycles. The first-order valence-corrected chi connectivity index (χ1v) is 6.63. The highest BCUT2D eigenvalue weighted by atomic mass is 19.3. The lowest BCUT2D eigenvalue weighted by atomic mass is 9.93. The maximum absolute atomic E-state index is 12.6. The van der Waals surface area contributed by atoms with Crippen LogP contribution in [0.25, 0.3) is 0 Å². The van der Waals surface area contributed by atoms with Crippen LogP contribution in [-0.4, -0.2) is 41.8 Å². The van der Waals surface area contributed by atoms with E-state index < -0.39 is 31.0 Å². The van der Waals surface area contributed by atoms with Crippen molar-refractivity contribution < 1.29 is 18.4 Å². The normalized spacial score (nSPS) is 24.6. The number of halogens is 2. The number of carbonyl (C=O) groups is 2. The van der Waals surface area contributed by atoms with Gasteiger partial charge in [-0.05, 0) is 18.3 Å². The Balaban J connectivity index is 2.94. The van der Waals surface area contributed by atoms with Crippen molar-refractivity contribution in [1.29, 1.82) is 0 Å². The van der Waals surface area contributed by atoms with Gasteiger partial charge in [0.2, 0.25) is 11.8 Å². The van der Waals surface area contributed by atoms with Crippen LogP contribution in [0, 0.1) is 11.8 Å². The van der Waals surface area contributed by atoms with Gasteiger partial charge in [-0.3, -0.25) is 9.59 Å². The summed E-state index contributed by atoms with van der Waals surface area (Å²) in [6, 6.07) is -1.48. The number of amides is 2. The number of carbonyl (C=O) groups excluding carboxylic acids is 2. The van der Waals surface area contributed by atoms with Crippen molar-refractivity contribution in [3.63, 3.8) is 0 Å². The maximum Gasteiger partial charge on any atom is 0.255 e. The SMILES string of the molecule is CC(C)CC1NC(=O)C(C(C)C)N(CC(F)F)C1=O. The summed E-state index contributed by atoms with van der Waals surface area (Å²) in [5.41, 5.74) is 0. The first kappa shape index (κ1) is 15.9. The summed E-state index contributed by atoms with van der Waals surface area (Å²) in [5.74, 6) is -0.714. The molecule has 1 rings (SSSR count). The molecule has 0 saturated carbocycles. The Hall–Kier alpha value is -1.20. The van der Waals surface area contributed by atoms with E-state index in [1.807, 2.05) is 13.8 Å². The van der Waals surface area contributed by atoms with Crippen molar-refractivity contribution in [1.82, 2.24) is 10.2 Å². The zero-order valence-corrected chi connectivity index (χ0v) is 11.8. The maximum atomic E-state index is 12.6. The lowest BCUT2D eigenvalue weighted by Gasteiger charge is -2.41. The highest BCUT2D eigenvalue weighted by Gasteiger charge is 2.42. The van der Waals surface area contributed by atoms with Gasteiger partial charge in [0.05, 0.1) is 6.54 Å². The number of hydrogen-bond acceptors (Lipinski definition) is 2. The molecule has 2 atom stereocenters. The van der Waals surface area contributed by atoms with E-state index in [0.717, 1.165) is 4.90 Å². The fourth-order valence-electron chi connectivity index (χ4n) is 2.44. The zero-order chi connectivity index (χ0) is 14.7. The van der Waals surface area contributed by atoms with E-state index in [1.165, 1.54) is 0 Å². The minimum atomic E-state index is -2.63. The van der Waals surface area contributed by atoms with Crippen molar-refractivity contribution in [3.05, 3.63) is 0 Å². The predicted octanol–water partition coefficient (Wildman–Crippen LogP) is 1.65. The van der Waals surface area contributed by atoms with Crippen LogP contribution in [0.4, 0.5) is 8.78 Å². The molecule has 0 bridgehead atoms. The van der Waals surface area contributed by atoms with Crippen LogP contribution in [0.15, 0.2) is 0 Å². The number of piperazine rings is 1. The number of rotatable bonds is 5. The second kappa shape index (κ2) is 6.30. The molecule has 6 heteroatoms. The summed E-state index contributed by atoms with van der Waals surface area (Å²) in [6.45, 7) is 6.66. The van der Waals surface area contributed by atoms with Gasteiger partial charge in [0.15, 0.2) is 0 Å². The minimum Gasteiger partial charge on any atom is -0.342 e. The summed E-state index contributed by atoms with van der Waals surface area (Å²) in [7, 11) is 0. The Morgan fingerprint density at radius 3 is 2.21 bits per heavy atom. The van der Waals surface area contributed by atoms with Crippen LogP contribution < -0.4 is 5.32 Å². The molecule has 1 heterocycles. The quantitative estimate of drug-likeness (QED) is 0.830. The zero-order valence-electron chi connectivity index (χ0n) is 11.8. The summed E-state index contributed by atoms with van der Waals surface area (Å²) in [4.78, 5) is 25.3. The lowest BCUT2D eigenvalue weighted by molar-refractivity contribution is -0.153. The molecular formula is C13H22F2N2O2. The van der Waals surface area contributed by atoms with Crippen LogP contribution in [0.1, 0.15) is 34.1 Å². The Bertz CT molecular complexity index is 346. The third-order valence-corrected chi connectivity index (χ3v) is 3.18. The van der Waals surface area contributed by atoms with Crippen molar-refractivity contribution in [2.24, 2.45) is 11.8 Å². The second-order valence-electron chi connectivity index (χ2n) is 5.76. The molecule has 0 radical (unpaired) electrons. The van der Waals surface area contributed by atoms with E-state index in [4.69, 9.17) is 0 Å². The molecule has 0 aromatic carbocycles. The van der Waals surface area contributed by atoms with Crippen LogP contribution in [-0.2, 0) is 9.59 Å². The van der Waals surface area contributed by atoms with Crippen LogP contribution >= 0.6 is 0 Å². The van der Waals surface area contributed by atoms with E-state index in [2.05, 4.69) is 5.32 Å². The molecule has 0 aromatic rings. The lowest BCUT2D eigenvalue weighted by Crippen LogP contribution is -2.65. The summed E-state index contributed by atoms with van der Waals surface area (Å²) in [5, 5.41) is 2.66. The second-order valence-corrected chi connectivity index (χ2v) is 5.76. The van der Waals surface area contributed by atoms with Gasteiger partial charge in [-0.15, -0.1) is 0 Å². The fourth-order valence-corrected chi connectivity index (χ4v) is 2.44. The summed E-state index contributed by atoms with van der Waals surface area (Å²) >= 11 is 0. The van der Waals surface area contributed by atoms with E-state index in [9.17, 15) is 18.4 Å². The molecule has 1 aliphatic heterocycles. The largest absolute Gasteiger partial charge is 0.342 e. The number of hydrogen-bond donors (Lipinski definition) is 1. The van der Waals surface area contributed by atoms with E-state index in [1.54, 1.807) is 13.8 Å². The Morgan fingerprint density at radius 2 is 1.79 bits per heavy atom. The molecule has 1 fully saturated rings. The van der Waals surface area contributed by atoms with Gasteiger partial charge in [-0.1, -0.05) is 27.7 Å². The van der Waals surface area contributed by atoms with Gasteiger partial charge in [-0.25, -0.2) is 8.78 Å². The molecule has 1 aliphatic rings. The summed E-state index contributed by atoms with van der Waals surface area (Å²) in [6.07, 6.45) is -2.16. The van der Waals surface area contributed by atoms with Gasteiger partial charge in [0.25, 0.3) is 6.43 Å². The standard InChI is InChI=1S/C13H22F2N2O2/c1-7(2)5-9-13(19)17(6-10(14)15)11(8(3)4)12(18)16-9/h7-11H,5-6H2,1-4H3,(H,16,18). The number of nitrogens with one attached hydrogen (secondary N) is 1. The Morgan fingerprint density at radius 1 is 1.21 bits per heavy atom. The van der Waals surface area contributed by atoms with Crippen molar-refractivity contribution >= 4 is 11.8 Å². The smallest absolute Gasteiger partial charge is 0.255 e. The monoisotopic (exact) mass is 276 g/mol. The van der Waals surface area contributed by atoms with E-state index in [-0.39, 0.29) is 17.7 Å². The van der Waals surface area contributed by atoms with Gasteiger partial charge in [0, 0.05) is 0 Å². The topological polar surface area (TPSA) is 49.4 Å². The third kappa shape index (κ3) is 3.88. The van der Waals surface area contributed by atoms with E-state index in [0.29, 0.717) is 6.42 Å². The molecule has 4 nitrogen and oxygen atoms in total. The highest BCUT2D eigenvalue weighted by Crippen LogP contribution is 2.21. The molecule has 110 valence electrons. The first-order valence-electron chi connectivity index (χ1n) is 6.63. The Labute approximate surface area is 112 Å².